The average molecular weight is 332 g/mol. The Morgan fingerprint density at radius 3 is 2.79 bits per heavy atom. The second kappa shape index (κ2) is 8.27. The molecule has 0 heterocycles. The third-order valence-electron chi connectivity index (χ3n) is 2.97. The van der Waals surface area contributed by atoms with Gasteiger partial charge < -0.3 is 10.4 Å². The van der Waals surface area contributed by atoms with E-state index >= 15 is 0 Å². The van der Waals surface area contributed by atoms with Crippen LogP contribution >= 0.6 is 15.9 Å². The summed E-state index contributed by atoms with van der Waals surface area (Å²) in [5.74, 6) is -0.330. The van der Waals surface area contributed by atoms with Crippen LogP contribution in [0, 0.1) is 11.7 Å². The molecule has 0 bridgehead atoms. The lowest BCUT2D eigenvalue weighted by molar-refractivity contribution is 0.0943. The molecule has 19 heavy (non-hydrogen) atoms. The zero-order valence-electron chi connectivity index (χ0n) is 11.0. The van der Waals surface area contributed by atoms with E-state index < -0.39 is 0 Å². The molecule has 1 unspecified atom stereocenters. The SMILES string of the molecule is CCCC(CCO)CNC(=O)c1ccc(F)c(Br)c1. The lowest BCUT2D eigenvalue weighted by atomic mass is 10.00. The maximum atomic E-state index is 13.1. The van der Waals surface area contributed by atoms with Crippen molar-refractivity contribution >= 4 is 21.8 Å². The lowest BCUT2D eigenvalue weighted by Crippen LogP contribution is -2.29. The first-order chi connectivity index (χ1) is 9.08. The number of hydrogen-bond donors (Lipinski definition) is 2. The number of amides is 1. The number of hydrogen-bond acceptors (Lipinski definition) is 2. The quantitative estimate of drug-likeness (QED) is 0.806. The highest BCUT2D eigenvalue weighted by Gasteiger charge is 2.12. The number of carbonyl (C=O) groups excluding carboxylic acids is 1. The minimum atomic E-state index is -0.388. The van der Waals surface area contributed by atoms with Crippen LogP contribution in [0.3, 0.4) is 0 Å². The van der Waals surface area contributed by atoms with E-state index in [0.29, 0.717) is 18.5 Å². The first-order valence-corrected chi connectivity index (χ1v) is 7.21. The first-order valence-electron chi connectivity index (χ1n) is 6.42. The Labute approximate surface area is 121 Å². The molecule has 5 heteroatoms. The molecule has 106 valence electrons. The molecule has 0 fully saturated rings. The topological polar surface area (TPSA) is 49.3 Å². The fraction of sp³-hybridized carbons (Fsp3) is 0.500. The van der Waals surface area contributed by atoms with Crippen molar-refractivity contribution in [3.8, 4) is 0 Å². The summed E-state index contributed by atoms with van der Waals surface area (Å²) in [5.41, 5.74) is 0.424. The maximum Gasteiger partial charge on any atom is 0.251 e. The summed E-state index contributed by atoms with van der Waals surface area (Å²) in [4.78, 5) is 11.9. The molecule has 0 saturated heterocycles. The van der Waals surface area contributed by atoms with Crippen LogP contribution in [0.25, 0.3) is 0 Å². The molecule has 0 aliphatic rings. The molecular weight excluding hydrogens is 313 g/mol. The van der Waals surface area contributed by atoms with Crippen molar-refractivity contribution in [2.75, 3.05) is 13.2 Å². The summed E-state index contributed by atoms with van der Waals surface area (Å²) < 4.78 is 13.3. The number of halogens is 2. The molecule has 0 aromatic heterocycles. The van der Waals surface area contributed by atoms with Crippen LogP contribution in [0.1, 0.15) is 36.5 Å². The zero-order chi connectivity index (χ0) is 14.3. The van der Waals surface area contributed by atoms with Gasteiger partial charge >= 0.3 is 0 Å². The highest BCUT2D eigenvalue weighted by atomic mass is 79.9. The first kappa shape index (κ1) is 16.1. The van der Waals surface area contributed by atoms with Gasteiger partial charge in [-0.3, -0.25) is 4.79 Å². The number of aliphatic hydroxyl groups excluding tert-OH is 1. The zero-order valence-corrected chi connectivity index (χ0v) is 12.5. The van der Waals surface area contributed by atoms with Crippen molar-refractivity contribution in [2.45, 2.75) is 26.2 Å². The van der Waals surface area contributed by atoms with Crippen LogP contribution in [0.2, 0.25) is 0 Å². The Balaban J connectivity index is 2.56. The van der Waals surface area contributed by atoms with Crippen molar-refractivity contribution in [1.82, 2.24) is 5.32 Å². The summed E-state index contributed by atoms with van der Waals surface area (Å²) in [6, 6.07) is 4.18. The van der Waals surface area contributed by atoms with Crippen molar-refractivity contribution < 1.29 is 14.3 Å². The molecule has 1 aromatic carbocycles. The monoisotopic (exact) mass is 331 g/mol. The fourth-order valence-electron chi connectivity index (χ4n) is 1.92. The highest BCUT2D eigenvalue weighted by Crippen LogP contribution is 2.17. The third kappa shape index (κ3) is 5.28. The van der Waals surface area contributed by atoms with Crippen LogP contribution in [0.5, 0.6) is 0 Å². The maximum absolute atomic E-state index is 13.1. The number of nitrogens with one attached hydrogen (secondary N) is 1. The molecule has 2 N–H and O–H groups in total. The predicted octanol–water partition coefficient (Wildman–Crippen LogP) is 3.12. The van der Waals surface area contributed by atoms with E-state index in [-0.39, 0.29) is 28.7 Å². The van der Waals surface area contributed by atoms with Crippen molar-refractivity contribution in [3.05, 3.63) is 34.1 Å². The van der Waals surface area contributed by atoms with E-state index in [2.05, 4.69) is 28.2 Å². The summed E-state index contributed by atoms with van der Waals surface area (Å²) in [7, 11) is 0. The van der Waals surface area contributed by atoms with Crippen LogP contribution < -0.4 is 5.32 Å². The third-order valence-corrected chi connectivity index (χ3v) is 3.58. The summed E-state index contributed by atoms with van der Waals surface area (Å²) in [6.45, 7) is 2.73. The van der Waals surface area contributed by atoms with Gasteiger partial charge in [0.25, 0.3) is 5.91 Å². The van der Waals surface area contributed by atoms with Gasteiger partial charge in [-0.25, -0.2) is 4.39 Å². The lowest BCUT2D eigenvalue weighted by Gasteiger charge is -2.15. The molecular formula is C14H19BrFNO2. The minimum absolute atomic E-state index is 0.128. The molecule has 1 rings (SSSR count). The predicted molar refractivity (Wildman–Crippen MR) is 76.5 cm³/mol. The van der Waals surface area contributed by atoms with Gasteiger partial charge in [0.05, 0.1) is 4.47 Å². The summed E-state index contributed by atoms with van der Waals surface area (Å²) in [6.07, 6.45) is 2.66. The van der Waals surface area contributed by atoms with Gasteiger partial charge in [-0.1, -0.05) is 13.3 Å². The number of benzene rings is 1. The summed E-state index contributed by atoms with van der Waals surface area (Å²) >= 11 is 3.06. The molecule has 0 saturated carbocycles. The van der Waals surface area contributed by atoms with Crippen LogP contribution in [-0.4, -0.2) is 24.2 Å². The van der Waals surface area contributed by atoms with E-state index in [4.69, 9.17) is 5.11 Å². The fourth-order valence-corrected chi connectivity index (χ4v) is 2.29. The Morgan fingerprint density at radius 1 is 1.47 bits per heavy atom. The van der Waals surface area contributed by atoms with Gasteiger partial charge in [0, 0.05) is 18.7 Å². The normalized spacial score (nSPS) is 12.2. The van der Waals surface area contributed by atoms with Crippen LogP contribution in [0.4, 0.5) is 4.39 Å². The standard InChI is InChI=1S/C14H19BrFNO2/c1-2-3-10(6-7-18)9-17-14(19)11-4-5-13(16)12(15)8-11/h4-5,8,10,18H,2-3,6-7,9H2,1H3,(H,17,19). The molecule has 0 aliphatic carbocycles. The van der Waals surface area contributed by atoms with Crippen molar-refractivity contribution in [3.63, 3.8) is 0 Å². The second-order valence-corrected chi connectivity index (χ2v) is 5.36. The van der Waals surface area contributed by atoms with Gasteiger partial charge in [-0.05, 0) is 52.9 Å². The minimum Gasteiger partial charge on any atom is -0.396 e. The summed E-state index contributed by atoms with van der Waals surface area (Å²) in [5, 5.41) is 11.8. The van der Waals surface area contributed by atoms with E-state index in [1.165, 1.54) is 18.2 Å². The largest absolute Gasteiger partial charge is 0.396 e. The van der Waals surface area contributed by atoms with Gasteiger partial charge in [0.1, 0.15) is 5.82 Å². The Bertz CT molecular complexity index is 420. The number of aliphatic hydroxyl groups is 1. The van der Waals surface area contributed by atoms with E-state index in [1.54, 1.807) is 0 Å². The molecule has 3 nitrogen and oxygen atoms in total. The van der Waals surface area contributed by atoms with Crippen molar-refractivity contribution in [1.29, 1.82) is 0 Å². The van der Waals surface area contributed by atoms with Crippen LogP contribution in [-0.2, 0) is 0 Å². The van der Waals surface area contributed by atoms with Gasteiger partial charge in [-0.15, -0.1) is 0 Å². The van der Waals surface area contributed by atoms with E-state index in [0.717, 1.165) is 12.8 Å². The molecule has 1 amide bonds. The van der Waals surface area contributed by atoms with Crippen LogP contribution in [0.15, 0.2) is 22.7 Å². The molecule has 1 atom stereocenters. The van der Waals surface area contributed by atoms with Gasteiger partial charge in [0.2, 0.25) is 0 Å². The smallest absolute Gasteiger partial charge is 0.251 e. The second-order valence-electron chi connectivity index (χ2n) is 4.51. The molecule has 0 radical (unpaired) electrons. The van der Waals surface area contributed by atoms with Gasteiger partial charge in [-0.2, -0.15) is 0 Å². The Kier molecular flexibility index (Phi) is 7.02. The Morgan fingerprint density at radius 2 is 2.21 bits per heavy atom. The van der Waals surface area contributed by atoms with Gasteiger partial charge in [0.15, 0.2) is 0 Å². The van der Waals surface area contributed by atoms with Crippen molar-refractivity contribution in [2.24, 2.45) is 5.92 Å². The molecule has 0 aliphatic heterocycles. The molecule has 1 aromatic rings. The average Bonchev–Trinajstić information content (AvgIpc) is 2.39. The molecule has 0 spiro atoms. The van der Waals surface area contributed by atoms with E-state index in [9.17, 15) is 9.18 Å². The number of carbonyl (C=O) groups is 1. The number of rotatable bonds is 7. The van der Waals surface area contributed by atoms with E-state index in [1.807, 2.05) is 0 Å². The Hall–Kier alpha value is -0.940. The highest BCUT2D eigenvalue weighted by molar-refractivity contribution is 9.10.